The molecule has 0 radical (unpaired) electrons. The fourth-order valence-corrected chi connectivity index (χ4v) is 2.30. The Balaban J connectivity index is 2.08. The van der Waals surface area contributed by atoms with Crippen molar-refractivity contribution in [2.75, 3.05) is 5.32 Å². The molecule has 2 aromatic rings. The maximum absolute atomic E-state index is 10.7. The zero-order chi connectivity index (χ0) is 14.5. The van der Waals surface area contributed by atoms with Crippen LogP contribution in [0, 0.1) is 10.1 Å². The molecule has 0 saturated carbocycles. The molecule has 104 valence electrons. The van der Waals surface area contributed by atoms with Crippen molar-refractivity contribution in [1.82, 2.24) is 0 Å². The second-order valence-electron chi connectivity index (χ2n) is 4.25. The zero-order valence-electron chi connectivity index (χ0n) is 10.5. The van der Waals surface area contributed by atoms with Crippen LogP contribution in [0.4, 0.5) is 11.4 Å². The number of aliphatic hydroxyl groups is 1. The predicted octanol–water partition coefficient (Wildman–Crippen LogP) is 3.46. The van der Waals surface area contributed by atoms with Crippen LogP contribution < -0.4 is 5.32 Å². The van der Waals surface area contributed by atoms with Crippen molar-refractivity contribution in [3.8, 4) is 0 Å². The van der Waals surface area contributed by atoms with E-state index in [2.05, 4.69) is 21.2 Å². The summed E-state index contributed by atoms with van der Waals surface area (Å²) in [5.74, 6) is 0. The van der Waals surface area contributed by atoms with Crippen LogP contribution in [0.3, 0.4) is 0 Å². The number of nitrogens with zero attached hydrogens (tertiary/aromatic N) is 1. The molecule has 2 N–H and O–H groups in total. The molecule has 0 aliphatic rings. The molecule has 0 aromatic heterocycles. The number of nitro groups is 1. The molecule has 0 unspecified atom stereocenters. The largest absolute Gasteiger partial charge is 0.392 e. The highest BCUT2D eigenvalue weighted by Gasteiger charge is 2.08. The van der Waals surface area contributed by atoms with Crippen LogP contribution in [-0.2, 0) is 13.2 Å². The fraction of sp³-hybridized carbons (Fsp3) is 0.143. The Morgan fingerprint density at radius 2 is 1.95 bits per heavy atom. The van der Waals surface area contributed by atoms with Crippen molar-refractivity contribution in [3.63, 3.8) is 0 Å². The Labute approximate surface area is 124 Å². The van der Waals surface area contributed by atoms with Gasteiger partial charge in [-0.05, 0) is 33.1 Å². The molecule has 2 rings (SSSR count). The third-order valence-corrected chi connectivity index (χ3v) is 3.48. The number of hydrogen-bond acceptors (Lipinski definition) is 4. The molecule has 0 aliphatic carbocycles. The molecule has 6 heteroatoms. The molecule has 5 nitrogen and oxygen atoms in total. The highest BCUT2D eigenvalue weighted by Crippen LogP contribution is 2.27. The molecule has 0 amide bonds. The van der Waals surface area contributed by atoms with Gasteiger partial charge < -0.3 is 10.4 Å². The summed E-state index contributed by atoms with van der Waals surface area (Å²) in [5, 5.41) is 22.9. The van der Waals surface area contributed by atoms with Crippen molar-refractivity contribution < 1.29 is 10.0 Å². The molecular formula is C14H13BrN2O3. The normalized spacial score (nSPS) is 10.3. The van der Waals surface area contributed by atoms with Crippen molar-refractivity contribution in [1.29, 1.82) is 0 Å². The average molecular weight is 337 g/mol. The van der Waals surface area contributed by atoms with Crippen molar-refractivity contribution in [2.24, 2.45) is 0 Å². The number of anilines is 1. The fourth-order valence-electron chi connectivity index (χ4n) is 1.80. The number of hydrogen-bond donors (Lipinski definition) is 2. The van der Waals surface area contributed by atoms with Gasteiger partial charge in [0.05, 0.1) is 11.5 Å². The van der Waals surface area contributed by atoms with Gasteiger partial charge in [-0.25, -0.2) is 0 Å². The van der Waals surface area contributed by atoms with Gasteiger partial charge in [0.15, 0.2) is 0 Å². The number of non-ortho nitro benzene ring substituents is 1. The van der Waals surface area contributed by atoms with Crippen molar-refractivity contribution >= 4 is 27.3 Å². The molecule has 0 bridgehead atoms. The molecule has 0 heterocycles. The first kappa shape index (κ1) is 14.5. The van der Waals surface area contributed by atoms with Gasteiger partial charge in [-0.3, -0.25) is 10.1 Å². The van der Waals surface area contributed by atoms with E-state index in [-0.39, 0.29) is 12.3 Å². The summed E-state index contributed by atoms with van der Waals surface area (Å²) in [6, 6.07) is 12.2. The van der Waals surface area contributed by atoms with Crippen LogP contribution in [0.25, 0.3) is 0 Å². The Hall–Kier alpha value is -1.92. The third kappa shape index (κ3) is 3.55. The highest BCUT2D eigenvalue weighted by molar-refractivity contribution is 9.10. The zero-order valence-corrected chi connectivity index (χ0v) is 12.1. The lowest BCUT2D eigenvalue weighted by atomic mass is 10.1. The molecular weight excluding hydrogens is 324 g/mol. The second kappa shape index (κ2) is 6.49. The third-order valence-electron chi connectivity index (χ3n) is 2.82. The number of nitrogens with one attached hydrogen (secondary N) is 1. The Bertz CT molecular complexity index is 632. The van der Waals surface area contributed by atoms with Crippen LogP contribution in [0.1, 0.15) is 11.1 Å². The quantitative estimate of drug-likeness (QED) is 0.647. The van der Waals surface area contributed by atoms with Gasteiger partial charge in [-0.15, -0.1) is 0 Å². The average Bonchev–Trinajstić information content (AvgIpc) is 2.46. The number of benzene rings is 2. The Morgan fingerprint density at radius 1 is 1.20 bits per heavy atom. The van der Waals surface area contributed by atoms with Crippen LogP contribution >= 0.6 is 15.9 Å². The summed E-state index contributed by atoms with van der Waals surface area (Å²) < 4.78 is 0.644. The van der Waals surface area contributed by atoms with Crippen LogP contribution in [0.5, 0.6) is 0 Å². The van der Waals surface area contributed by atoms with Gasteiger partial charge >= 0.3 is 0 Å². The lowest BCUT2D eigenvalue weighted by molar-refractivity contribution is -0.384. The summed E-state index contributed by atoms with van der Waals surface area (Å²) in [5.41, 5.74) is 2.71. The van der Waals surface area contributed by atoms with Gasteiger partial charge in [0.1, 0.15) is 0 Å². The summed E-state index contributed by atoms with van der Waals surface area (Å²) in [6.45, 7) is 0.583. The van der Waals surface area contributed by atoms with E-state index in [4.69, 9.17) is 5.11 Å². The monoisotopic (exact) mass is 336 g/mol. The van der Waals surface area contributed by atoms with Crippen LogP contribution in [0.15, 0.2) is 46.9 Å². The van der Waals surface area contributed by atoms with E-state index < -0.39 is 4.92 Å². The van der Waals surface area contributed by atoms with E-state index in [0.717, 1.165) is 16.8 Å². The van der Waals surface area contributed by atoms with Gasteiger partial charge in [0.25, 0.3) is 5.69 Å². The first-order chi connectivity index (χ1) is 9.60. The summed E-state index contributed by atoms with van der Waals surface area (Å²) >= 11 is 3.31. The molecule has 0 saturated heterocycles. The maximum atomic E-state index is 10.7. The number of halogens is 1. The van der Waals surface area contributed by atoms with E-state index in [0.29, 0.717) is 11.0 Å². The van der Waals surface area contributed by atoms with E-state index in [1.807, 2.05) is 24.3 Å². The van der Waals surface area contributed by atoms with Gasteiger partial charge in [-0.2, -0.15) is 0 Å². The minimum absolute atomic E-state index is 0.00899. The Kier molecular flexibility index (Phi) is 4.70. The maximum Gasteiger partial charge on any atom is 0.270 e. The highest BCUT2D eigenvalue weighted by atomic mass is 79.9. The van der Waals surface area contributed by atoms with E-state index >= 15 is 0 Å². The summed E-state index contributed by atoms with van der Waals surface area (Å²) in [7, 11) is 0. The minimum atomic E-state index is -0.431. The molecule has 0 aliphatic heterocycles. The lowest BCUT2D eigenvalue weighted by Gasteiger charge is -2.09. The van der Waals surface area contributed by atoms with Gasteiger partial charge in [-0.1, -0.05) is 24.3 Å². The lowest BCUT2D eigenvalue weighted by Crippen LogP contribution is -2.01. The molecule has 2 aromatic carbocycles. The van der Waals surface area contributed by atoms with E-state index in [9.17, 15) is 10.1 Å². The topological polar surface area (TPSA) is 75.4 Å². The SMILES string of the molecule is O=[N+]([O-])c1ccc(NCc2cccc(CO)c2)c(Br)c1. The molecule has 0 atom stereocenters. The van der Waals surface area contributed by atoms with Gasteiger partial charge in [0, 0.05) is 28.8 Å². The molecule has 20 heavy (non-hydrogen) atoms. The summed E-state index contributed by atoms with van der Waals surface area (Å²) in [6.07, 6.45) is 0. The smallest absolute Gasteiger partial charge is 0.270 e. The van der Waals surface area contributed by atoms with Crippen LogP contribution in [-0.4, -0.2) is 10.0 Å². The van der Waals surface area contributed by atoms with Crippen LogP contribution in [0.2, 0.25) is 0 Å². The summed E-state index contributed by atoms with van der Waals surface area (Å²) in [4.78, 5) is 10.2. The number of aliphatic hydroxyl groups excluding tert-OH is 1. The molecule has 0 fully saturated rings. The Morgan fingerprint density at radius 3 is 2.60 bits per heavy atom. The minimum Gasteiger partial charge on any atom is -0.392 e. The van der Waals surface area contributed by atoms with Crippen molar-refractivity contribution in [2.45, 2.75) is 13.2 Å². The first-order valence-corrected chi connectivity index (χ1v) is 6.76. The second-order valence-corrected chi connectivity index (χ2v) is 5.11. The van der Waals surface area contributed by atoms with Crippen molar-refractivity contribution in [3.05, 3.63) is 68.2 Å². The number of rotatable bonds is 5. The first-order valence-electron chi connectivity index (χ1n) is 5.96. The van der Waals surface area contributed by atoms with E-state index in [1.54, 1.807) is 6.07 Å². The van der Waals surface area contributed by atoms with E-state index in [1.165, 1.54) is 12.1 Å². The standard InChI is InChI=1S/C14H13BrN2O3/c15-13-7-12(17(19)20)4-5-14(13)16-8-10-2-1-3-11(6-10)9-18/h1-7,16,18H,8-9H2. The molecule has 0 spiro atoms. The predicted molar refractivity (Wildman–Crippen MR) is 80.5 cm³/mol. The number of nitro benzene ring substituents is 1. The van der Waals surface area contributed by atoms with Gasteiger partial charge in [0.2, 0.25) is 0 Å².